The van der Waals surface area contributed by atoms with E-state index in [-0.39, 0.29) is 5.41 Å². The molecule has 7 aromatic rings. The fourth-order valence-corrected chi connectivity index (χ4v) is 7.90. The first-order valence-electron chi connectivity index (χ1n) is 16.7. The number of fused-ring (bicyclic) bond motifs is 8. The van der Waals surface area contributed by atoms with Gasteiger partial charge in [-0.15, -0.1) is 0 Å². The number of rotatable bonds is 5. The molecule has 0 saturated carbocycles. The Kier molecular flexibility index (Phi) is 6.33. The molecule has 0 N–H and O–H groups in total. The van der Waals surface area contributed by atoms with Crippen molar-refractivity contribution in [3.63, 3.8) is 0 Å². The van der Waals surface area contributed by atoms with Gasteiger partial charge in [-0.1, -0.05) is 129 Å². The van der Waals surface area contributed by atoms with Gasteiger partial charge in [0, 0.05) is 22.2 Å². The molecular formula is C45H35NO. The Morgan fingerprint density at radius 3 is 2.34 bits per heavy atom. The van der Waals surface area contributed by atoms with E-state index in [1.54, 1.807) is 0 Å². The van der Waals surface area contributed by atoms with Crippen molar-refractivity contribution >= 4 is 49.7 Å². The maximum Gasteiger partial charge on any atom is 0.137 e. The molecule has 0 fully saturated rings. The second kappa shape index (κ2) is 10.7. The summed E-state index contributed by atoms with van der Waals surface area (Å²) < 4.78 is 6.57. The maximum atomic E-state index is 6.57. The van der Waals surface area contributed by atoms with Gasteiger partial charge in [0.25, 0.3) is 0 Å². The summed E-state index contributed by atoms with van der Waals surface area (Å²) in [5.41, 5.74) is 13.1. The van der Waals surface area contributed by atoms with Crippen LogP contribution in [0.1, 0.15) is 43.4 Å². The highest BCUT2D eigenvalue weighted by molar-refractivity contribution is 6.23. The van der Waals surface area contributed by atoms with E-state index in [0.717, 1.165) is 51.9 Å². The summed E-state index contributed by atoms with van der Waals surface area (Å²) in [6.07, 6.45) is 11.1. The zero-order chi connectivity index (χ0) is 31.5. The summed E-state index contributed by atoms with van der Waals surface area (Å²) >= 11 is 0. The van der Waals surface area contributed by atoms with Crippen molar-refractivity contribution in [2.24, 2.45) is 0 Å². The molecule has 6 aromatic carbocycles. The van der Waals surface area contributed by atoms with Crippen LogP contribution in [-0.4, -0.2) is 0 Å². The van der Waals surface area contributed by atoms with Crippen LogP contribution in [0, 0.1) is 0 Å². The molecule has 1 aromatic heterocycles. The third-order valence-electron chi connectivity index (χ3n) is 10.4. The van der Waals surface area contributed by atoms with E-state index in [0.29, 0.717) is 0 Å². The summed E-state index contributed by atoms with van der Waals surface area (Å²) in [7, 11) is 0. The van der Waals surface area contributed by atoms with Crippen molar-refractivity contribution in [1.29, 1.82) is 0 Å². The summed E-state index contributed by atoms with van der Waals surface area (Å²) in [5.74, 6) is 0. The molecule has 2 heteroatoms. The van der Waals surface area contributed by atoms with Crippen LogP contribution in [0.15, 0.2) is 162 Å². The Morgan fingerprint density at radius 2 is 1.45 bits per heavy atom. The fourth-order valence-electron chi connectivity index (χ4n) is 7.90. The van der Waals surface area contributed by atoms with Crippen molar-refractivity contribution in [3.05, 3.63) is 174 Å². The fraction of sp³-hybridized carbons (Fsp3) is 0.111. The average molecular weight is 606 g/mol. The summed E-state index contributed by atoms with van der Waals surface area (Å²) in [5, 5.41) is 4.71. The quantitative estimate of drug-likeness (QED) is 0.194. The lowest BCUT2D eigenvalue weighted by molar-refractivity contribution is 0.564. The second-order valence-corrected chi connectivity index (χ2v) is 12.9. The third kappa shape index (κ3) is 4.25. The molecular weight excluding hydrogens is 571 g/mol. The molecule has 9 rings (SSSR count). The molecule has 0 radical (unpaired) electrons. The van der Waals surface area contributed by atoms with Gasteiger partial charge in [-0.25, -0.2) is 0 Å². The Hall–Kier alpha value is -5.60. The van der Waals surface area contributed by atoms with Gasteiger partial charge in [0.2, 0.25) is 0 Å². The lowest BCUT2D eigenvalue weighted by Gasteiger charge is -2.30. The molecule has 2 nitrogen and oxygen atoms in total. The maximum absolute atomic E-state index is 6.57. The van der Waals surface area contributed by atoms with E-state index >= 15 is 0 Å². The van der Waals surface area contributed by atoms with E-state index in [1.807, 2.05) is 0 Å². The molecule has 1 heterocycles. The van der Waals surface area contributed by atoms with Crippen LogP contribution in [-0.2, 0) is 5.41 Å². The highest BCUT2D eigenvalue weighted by atomic mass is 16.3. The predicted octanol–water partition coefficient (Wildman–Crippen LogP) is 12.5. The van der Waals surface area contributed by atoms with Crippen LogP contribution in [0.3, 0.4) is 0 Å². The van der Waals surface area contributed by atoms with Crippen molar-refractivity contribution in [1.82, 2.24) is 0 Å². The predicted molar refractivity (Wildman–Crippen MR) is 198 cm³/mol. The molecule has 47 heavy (non-hydrogen) atoms. The van der Waals surface area contributed by atoms with Gasteiger partial charge in [-0.2, -0.15) is 0 Å². The minimum Gasteiger partial charge on any atom is -0.456 e. The number of furan rings is 1. The van der Waals surface area contributed by atoms with Gasteiger partial charge >= 0.3 is 0 Å². The average Bonchev–Trinajstić information content (AvgIpc) is 3.51. The molecule has 0 spiro atoms. The largest absolute Gasteiger partial charge is 0.456 e. The molecule has 1 unspecified atom stereocenters. The lowest BCUT2D eigenvalue weighted by atomic mass is 9.78. The second-order valence-electron chi connectivity index (χ2n) is 12.9. The van der Waals surface area contributed by atoms with Crippen LogP contribution in [0.25, 0.3) is 49.4 Å². The van der Waals surface area contributed by atoms with E-state index in [1.165, 1.54) is 44.2 Å². The normalized spacial score (nSPS) is 17.0. The molecule has 1 atom stereocenters. The highest BCUT2D eigenvalue weighted by Gasteiger charge is 2.38. The van der Waals surface area contributed by atoms with Crippen molar-refractivity contribution < 1.29 is 4.42 Å². The van der Waals surface area contributed by atoms with Crippen LogP contribution >= 0.6 is 0 Å². The lowest BCUT2D eigenvalue weighted by Crippen LogP contribution is -2.21. The Balaban J connectivity index is 1.29. The smallest absolute Gasteiger partial charge is 0.137 e. The summed E-state index contributed by atoms with van der Waals surface area (Å²) in [6, 6.07) is 46.1. The molecule has 0 amide bonds. The van der Waals surface area contributed by atoms with Crippen molar-refractivity contribution in [2.75, 3.05) is 4.90 Å². The number of hydrogen-bond donors (Lipinski definition) is 0. The topological polar surface area (TPSA) is 16.4 Å². The van der Waals surface area contributed by atoms with Crippen LogP contribution < -0.4 is 4.90 Å². The van der Waals surface area contributed by atoms with Gasteiger partial charge in [-0.05, 0) is 93.4 Å². The summed E-state index contributed by atoms with van der Waals surface area (Å²) in [4.78, 5) is 2.46. The van der Waals surface area contributed by atoms with Gasteiger partial charge < -0.3 is 9.32 Å². The van der Waals surface area contributed by atoms with Crippen molar-refractivity contribution in [3.8, 4) is 11.1 Å². The zero-order valence-electron chi connectivity index (χ0n) is 26.7. The van der Waals surface area contributed by atoms with Gasteiger partial charge in [0.15, 0.2) is 0 Å². The number of allylic oxidation sites excluding steroid dienone is 5. The SMILES string of the molecule is CCC1(C)c2ccccc2-c2ccc(N(C3=CCC=C(c4ccccc4)C=C3)c3cccc4oc5ccc6ccccc6c5c34)cc21. The minimum atomic E-state index is -0.0616. The van der Waals surface area contributed by atoms with E-state index in [4.69, 9.17) is 4.42 Å². The molecule has 2 aliphatic carbocycles. The minimum absolute atomic E-state index is 0.0616. The van der Waals surface area contributed by atoms with Crippen LogP contribution in [0.5, 0.6) is 0 Å². The molecule has 0 aliphatic heterocycles. The Morgan fingerprint density at radius 1 is 0.660 bits per heavy atom. The first-order valence-corrected chi connectivity index (χ1v) is 16.7. The molecule has 2 aliphatic rings. The Bertz CT molecular complexity index is 2440. The van der Waals surface area contributed by atoms with Crippen molar-refractivity contribution in [2.45, 2.75) is 32.1 Å². The molecule has 0 saturated heterocycles. The third-order valence-corrected chi connectivity index (χ3v) is 10.4. The number of hydrogen-bond acceptors (Lipinski definition) is 2. The monoisotopic (exact) mass is 605 g/mol. The zero-order valence-corrected chi connectivity index (χ0v) is 26.7. The first kappa shape index (κ1) is 27.7. The highest BCUT2D eigenvalue weighted by Crippen LogP contribution is 2.52. The standard InChI is InChI=1S/C45H35NO/c1-3-45(2)38-20-10-9-19-36(38)37-27-26-34(29-39(37)45)46(33-17-11-16-31(23-25-33)30-13-5-4-6-14-30)40-21-12-22-41-44(40)43-35-18-8-7-15-32(35)24-28-42(43)47-41/h4-10,12-29H,3,11H2,1-2H3. The van der Waals surface area contributed by atoms with E-state index in [9.17, 15) is 0 Å². The Labute approximate surface area is 275 Å². The van der Waals surface area contributed by atoms with Gasteiger partial charge in [0.1, 0.15) is 11.2 Å². The van der Waals surface area contributed by atoms with Gasteiger partial charge in [-0.3, -0.25) is 0 Å². The van der Waals surface area contributed by atoms with Gasteiger partial charge in [0.05, 0.1) is 11.1 Å². The van der Waals surface area contributed by atoms with E-state index < -0.39 is 0 Å². The molecule has 226 valence electrons. The van der Waals surface area contributed by atoms with Crippen LogP contribution in [0.2, 0.25) is 0 Å². The number of anilines is 2. The number of benzene rings is 6. The van der Waals surface area contributed by atoms with Crippen LogP contribution in [0.4, 0.5) is 11.4 Å². The molecule has 0 bridgehead atoms. The number of nitrogens with zero attached hydrogens (tertiary/aromatic N) is 1. The van der Waals surface area contributed by atoms with E-state index in [2.05, 4.69) is 170 Å². The first-order chi connectivity index (χ1) is 23.1. The summed E-state index contributed by atoms with van der Waals surface area (Å²) in [6.45, 7) is 4.72.